The molecule has 19 heavy (non-hydrogen) atoms. The quantitative estimate of drug-likeness (QED) is 0.763. The van der Waals surface area contributed by atoms with Crippen LogP contribution >= 0.6 is 0 Å². The topological polar surface area (TPSA) is 23.6 Å². The molecule has 0 spiro atoms. The van der Waals surface area contributed by atoms with E-state index in [0.29, 0.717) is 11.7 Å². The van der Waals surface area contributed by atoms with Crippen LogP contribution in [0.1, 0.15) is 45.4 Å². The second-order valence-electron chi connectivity index (χ2n) is 7.14. The molecular weight excluding hydrogens is 236 g/mol. The van der Waals surface area contributed by atoms with Crippen molar-refractivity contribution in [1.82, 2.24) is 9.80 Å². The van der Waals surface area contributed by atoms with E-state index in [9.17, 15) is 4.79 Å². The van der Waals surface area contributed by atoms with Crippen LogP contribution in [-0.2, 0) is 4.79 Å². The van der Waals surface area contributed by atoms with Crippen molar-refractivity contribution in [3.8, 4) is 0 Å². The van der Waals surface area contributed by atoms with Crippen molar-refractivity contribution in [3.63, 3.8) is 0 Å². The van der Waals surface area contributed by atoms with Gasteiger partial charge >= 0.3 is 0 Å². The second-order valence-corrected chi connectivity index (χ2v) is 7.14. The highest BCUT2D eigenvalue weighted by Gasteiger charge is 2.36. The van der Waals surface area contributed by atoms with Crippen molar-refractivity contribution < 1.29 is 4.79 Å². The lowest BCUT2D eigenvalue weighted by atomic mass is 9.81. The van der Waals surface area contributed by atoms with E-state index >= 15 is 0 Å². The highest BCUT2D eigenvalue weighted by Crippen LogP contribution is 2.31. The molecule has 0 aromatic heterocycles. The fourth-order valence-corrected chi connectivity index (χ4v) is 4.36. The zero-order chi connectivity index (χ0) is 13.4. The van der Waals surface area contributed by atoms with Crippen LogP contribution in [0.15, 0.2) is 0 Å². The van der Waals surface area contributed by atoms with Crippen LogP contribution in [0.25, 0.3) is 0 Å². The molecule has 0 aromatic rings. The molecule has 0 radical (unpaired) electrons. The molecule has 3 rings (SSSR count). The zero-order valence-corrected chi connectivity index (χ0v) is 12.5. The number of ketones is 1. The minimum Gasteiger partial charge on any atom is -0.301 e. The molecule has 3 fully saturated rings. The lowest BCUT2D eigenvalue weighted by Crippen LogP contribution is -2.41. The highest BCUT2D eigenvalue weighted by atomic mass is 16.1. The molecule has 2 bridgehead atoms. The highest BCUT2D eigenvalue weighted by molar-refractivity contribution is 5.81. The Kier molecular flexibility index (Phi) is 3.95. The zero-order valence-electron chi connectivity index (χ0n) is 12.5. The molecule has 108 valence electrons. The molecule has 3 heteroatoms. The number of likely N-dealkylation sites (N-methyl/N-ethyl adjacent to an activating group) is 1. The van der Waals surface area contributed by atoms with Crippen LogP contribution in [0, 0.1) is 11.8 Å². The normalized spacial score (nSPS) is 41.5. The number of rotatable bonds is 2. The van der Waals surface area contributed by atoms with Crippen LogP contribution in [0.3, 0.4) is 0 Å². The average molecular weight is 264 g/mol. The summed E-state index contributed by atoms with van der Waals surface area (Å²) in [6, 6.07) is 1.54. The number of fused-ring (bicyclic) bond motifs is 2. The minimum atomic E-state index is 0.325. The Bertz CT molecular complexity index is 344. The maximum absolute atomic E-state index is 12.1. The van der Waals surface area contributed by atoms with Gasteiger partial charge in [0.1, 0.15) is 5.78 Å². The molecule has 0 aromatic carbocycles. The fourth-order valence-electron chi connectivity index (χ4n) is 4.36. The number of nitrogens with zero attached hydrogens (tertiary/aromatic N) is 2. The average Bonchev–Trinajstić information content (AvgIpc) is 2.62. The molecule has 4 unspecified atom stereocenters. The van der Waals surface area contributed by atoms with Gasteiger partial charge in [-0.1, -0.05) is 6.92 Å². The predicted octanol–water partition coefficient (Wildman–Crippen LogP) is 2.16. The Labute approximate surface area is 117 Å². The molecule has 3 nitrogen and oxygen atoms in total. The number of carbonyl (C=O) groups is 1. The van der Waals surface area contributed by atoms with E-state index in [1.807, 2.05) is 0 Å². The Morgan fingerprint density at radius 2 is 1.95 bits per heavy atom. The lowest BCUT2D eigenvalue weighted by Gasteiger charge is -2.32. The van der Waals surface area contributed by atoms with Crippen molar-refractivity contribution in [3.05, 3.63) is 0 Å². The number of carbonyl (C=O) groups excluding carboxylic acids is 1. The van der Waals surface area contributed by atoms with Crippen LogP contribution in [0.5, 0.6) is 0 Å². The Hall–Kier alpha value is -0.410. The van der Waals surface area contributed by atoms with E-state index in [-0.39, 0.29) is 0 Å². The first-order valence-electron chi connectivity index (χ1n) is 8.10. The Morgan fingerprint density at radius 3 is 2.79 bits per heavy atom. The molecule has 3 aliphatic rings. The number of Topliss-reactive ketones (excluding diaryl/α,β-unsaturated/α-hetero) is 1. The van der Waals surface area contributed by atoms with E-state index in [1.54, 1.807) is 0 Å². The van der Waals surface area contributed by atoms with E-state index < -0.39 is 0 Å². The summed E-state index contributed by atoms with van der Waals surface area (Å²) < 4.78 is 0. The Morgan fingerprint density at radius 1 is 1.16 bits per heavy atom. The van der Waals surface area contributed by atoms with Crippen molar-refractivity contribution in [2.75, 3.05) is 26.7 Å². The molecule has 2 heterocycles. The second kappa shape index (κ2) is 5.53. The van der Waals surface area contributed by atoms with Crippen molar-refractivity contribution >= 4 is 5.78 Å². The van der Waals surface area contributed by atoms with E-state index in [0.717, 1.165) is 43.8 Å². The van der Waals surface area contributed by atoms with Crippen molar-refractivity contribution in [2.45, 2.75) is 57.5 Å². The van der Waals surface area contributed by atoms with Crippen LogP contribution < -0.4 is 0 Å². The smallest absolute Gasteiger partial charge is 0.137 e. The van der Waals surface area contributed by atoms with E-state index in [4.69, 9.17) is 0 Å². The summed E-state index contributed by atoms with van der Waals surface area (Å²) in [6.45, 7) is 5.71. The van der Waals surface area contributed by atoms with Gasteiger partial charge in [-0.2, -0.15) is 0 Å². The number of likely N-dealkylation sites (tertiary alicyclic amines) is 1. The molecule has 1 aliphatic carbocycles. The Balaban J connectivity index is 1.59. The van der Waals surface area contributed by atoms with Crippen molar-refractivity contribution in [2.24, 2.45) is 11.8 Å². The maximum atomic E-state index is 12.1. The number of hydrogen-bond acceptors (Lipinski definition) is 3. The number of hydrogen-bond donors (Lipinski definition) is 0. The third kappa shape index (κ3) is 2.87. The van der Waals surface area contributed by atoms with Gasteiger partial charge in [0.25, 0.3) is 0 Å². The van der Waals surface area contributed by atoms with Gasteiger partial charge < -0.3 is 4.90 Å². The summed E-state index contributed by atoms with van der Waals surface area (Å²) in [5.41, 5.74) is 0. The molecule has 1 saturated carbocycles. The predicted molar refractivity (Wildman–Crippen MR) is 77.1 cm³/mol. The lowest BCUT2D eigenvalue weighted by molar-refractivity contribution is -0.126. The first-order chi connectivity index (χ1) is 9.13. The van der Waals surface area contributed by atoms with Gasteiger partial charge in [-0.05, 0) is 51.6 Å². The van der Waals surface area contributed by atoms with Gasteiger partial charge in [0.15, 0.2) is 0 Å². The van der Waals surface area contributed by atoms with E-state index in [2.05, 4.69) is 23.8 Å². The molecule has 0 amide bonds. The molecule has 2 saturated heterocycles. The fraction of sp³-hybridized carbons (Fsp3) is 0.938. The van der Waals surface area contributed by atoms with Crippen LogP contribution in [0.4, 0.5) is 0 Å². The molecular formula is C16H28N2O. The monoisotopic (exact) mass is 264 g/mol. The minimum absolute atomic E-state index is 0.325. The molecule has 2 aliphatic heterocycles. The van der Waals surface area contributed by atoms with Crippen molar-refractivity contribution in [1.29, 1.82) is 0 Å². The van der Waals surface area contributed by atoms with E-state index in [1.165, 1.54) is 32.4 Å². The van der Waals surface area contributed by atoms with Gasteiger partial charge in [-0.25, -0.2) is 0 Å². The summed E-state index contributed by atoms with van der Waals surface area (Å²) in [5, 5.41) is 0. The SMILES string of the molecule is CC1CCC(=O)C(CN2CCC3CCC(C2)N3C)C1. The first kappa shape index (κ1) is 13.6. The summed E-state index contributed by atoms with van der Waals surface area (Å²) in [4.78, 5) is 17.3. The van der Waals surface area contributed by atoms with Crippen LogP contribution in [0.2, 0.25) is 0 Å². The van der Waals surface area contributed by atoms with Crippen LogP contribution in [-0.4, -0.2) is 54.3 Å². The van der Waals surface area contributed by atoms with Gasteiger partial charge in [-0.3, -0.25) is 9.69 Å². The molecule has 4 atom stereocenters. The summed E-state index contributed by atoms with van der Waals surface area (Å²) in [7, 11) is 2.29. The first-order valence-corrected chi connectivity index (χ1v) is 8.10. The summed E-state index contributed by atoms with van der Waals surface area (Å²) in [5.74, 6) is 1.60. The molecule has 0 N–H and O–H groups in total. The standard InChI is InChI=1S/C16H28N2O/c1-12-3-6-16(19)13(9-12)10-18-8-7-14-4-5-15(11-18)17(14)2/h12-15H,3-11H2,1-2H3. The maximum Gasteiger partial charge on any atom is 0.137 e. The summed E-state index contributed by atoms with van der Waals surface area (Å²) >= 11 is 0. The largest absolute Gasteiger partial charge is 0.301 e. The van der Waals surface area contributed by atoms with Gasteiger partial charge in [0.05, 0.1) is 0 Å². The van der Waals surface area contributed by atoms with Gasteiger partial charge in [0, 0.05) is 37.5 Å². The van der Waals surface area contributed by atoms with Gasteiger partial charge in [-0.15, -0.1) is 0 Å². The summed E-state index contributed by atoms with van der Waals surface area (Å²) in [6.07, 6.45) is 7.10. The van der Waals surface area contributed by atoms with Gasteiger partial charge in [0.2, 0.25) is 0 Å². The third-order valence-electron chi connectivity index (χ3n) is 5.74. The third-order valence-corrected chi connectivity index (χ3v) is 5.74.